The van der Waals surface area contributed by atoms with Gasteiger partial charge >= 0.3 is 5.97 Å². The number of hydrogen-bond donors (Lipinski definition) is 0. The lowest BCUT2D eigenvalue weighted by molar-refractivity contribution is -0.605. The van der Waals surface area contributed by atoms with Crippen molar-refractivity contribution in [1.82, 2.24) is 4.57 Å². The SMILES string of the molecule is CCOC(=O)c1c[n+]([O-])cn1[C@H](C)c1ccccc1. The summed E-state index contributed by atoms with van der Waals surface area (Å²) in [5.41, 5.74) is 1.28. The van der Waals surface area contributed by atoms with Crippen LogP contribution >= 0.6 is 0 Å². The molecule has 0 aliphatic carbocycles. The van der Waals surface area contributed by atoms with Crippen LogP contribution in [0.4, 0.5) is 0 Å². The molecule has 5 heteroatoms. The van der Waals surface area contributed by atoms with Gasteiger partial charge < -0.3 is 9.94 Å². The number of rotatable bonds is 4. The predicted molar refractivity (Wildman–Crippen MR) is 69.6 cm³/mol. The zero-order chi connectivity index (χ0) is 13.8. The van der Waals surface area contributed by atoms with Crippen LogP contribution in [0.1, 0.15) is 35.9 Å². The number of carbonyl (C=O) groups excluding carboxylic acids is 1. The molecule has 0 spiro atoms. The standard InChI is InChI=1S/C14H16N2O3/c1-3-19-14(17)13-9-15(18)10-16(13)11(2)12-7-5-4-6-8-12/h4-11H,3H2,1-2H3/t11-/m1/s1. The Kier molecular flexibility index (Phi) is 3.85. The van der Waals surface area contributed by atoms with E-state index < -0.39 is 5.97 Å². The first-order valence-electron chi connectivity index (χ1n) is 6.16. The second-order valence-electron chi connectivity index (χ2n) is 4.20. The van der Waals surface area contributed by atoms with E-state index in [0.29, 0.717) is 4.73 Å². The second kappa shape index (κ2) is 5.56. The monoisotopic (exact) mass is 260 g/mol. The first-order chi connectivity index (χ1) is 9.13. The van der Waals surface area contributed by atoms with E-state index in [2.05, 4.69) is 0 Å². The van der Waals surface area contributed by atoms with Crippen LogP contribution in [0, 0.1) is 5.21 Å². The van der Waals surface area contributed by atoms with E-state index in [1.807, 2.05) is 37.3 Å². The molecule has 0 amide bonds. The maximum Gasteiger partial charge on any atom is 0.382 e. The van der Waals surface area contributed by atoms with Gasteiger partial charge in [0.15, 0.2) is 0 Å². The fourth-order valence-electron chi connectivity index (χ4n) is 1.97. The zero-order valence-corrected chi connectivity index (χ0v) is 10.9. The van der Waals surface area contributed by atoms with Gasteiger partial charge in [-0.25, -0.2) is 14.1 Å². The average Bonchev–Trinajstić information content (AvgIpc) is 2.81. The molecule has 0 saturated carbocycles. The van der Waals surface area contributed by atoms with Gasteiger partial charge in [0.1, 0.15) is 12.2 Å². The summed E-state index contributed by atoms with van der Waals surface area (Å²) in [4.78, 5) is 11.8. The molecular weight excluding hydrogens is 244 g/mol. The van der Waals surface area contributed by atoms with Crippen molar-refractivity contribution in [2.24, 2.45) is 0 Å². The fraction of sp³-hybridized carbons (Fsp3) is 0.286. The summed E-state index contributed by atoms with van der Waals surface area (Å²) >= 11 is 0. The Morgan fingerprint density at radius 3 is 2.74 bits per heavy atom. The lowest BCUT2D eigenvalue weighted by Crippen LogP contribution is -2.22. The number of nitrogens with zero attached hydrogens (tertiary/aromatic N) is 2. The van der Waals surface area contributed by atoms with E-state index in [9.17, 15) is 10.0 Å². The molecule has 0 radical (unpaired) electrons. The van der Waals surface area contributed by atoms with Crippen molar-refractivity contribution in [1.29, 1.82) is 0 Å². The Balaban J connectivity index is 2.37. The van der Waals surface area contributed by atoms with Crippen molar-refractivity contribution in [3.05, 3.63) is 59.3 Å². The van der Waals surface area contributed by atoms with E-state index >= 15 is 0 Å². The van der Waals surface area contributed by atoms with Crippen molar-refractivity contribution in [2.75, 3.05) is 6.61 Å². The smallest absolute Gasteiger partial charge is 0.382 e. The summed E-state index contributed by atoms with van der Waals surface area (Å²) < 4.78 is 7.20. The molecule has 1 aromatic heterocycles. The number of carbonyl (C=O) groups is 1. The molecule has 100 valence electrons. The second-order valence-corrected chi connectivity index (χ2v) is 4.20. The van der Waals surface area contributed by atoms with Crippen LogP contribution in [-0.2, 0) is 4.74 Å². The molecule has 0 aliphatic rings. The maximum atomic E-state index is 11.8. The molecule has 0 fully saturated rings. The molecule has 19 heavy (non-hydrogen) atoms. The lowest BCUT2D eigenvalue weighted by atomic mass is 10.1. The van der Waals surface area contributed by atoms with Crippen molar-refractivity contribution in [3.63, 3.8) is 0 Å². The maximum absolute atomic E-state index is 11.8. The van der Waals surface area contributed by atoms with E-state index in [-0.39, 0.29) is 18.3 Å². The third kappa shape index (κ3) is 2.76. The number of benzene rings is 1. The summed E-state index contributed by atoms with van der Waals surface area (Å²) in [5, 5.41) is 11.4. The molecule has 1 atom stereocenters. The molecule has 0 unspecified atom stereocenters. The normalized spacial score (nSPS) is 12.1. The van der Waals surface area contributed by atoms with Crippen molar-refractivity contribution >= 4 is 5.97 Å². The molecule has 0 aliphatic heterocycles. The van der Waals surface area contributed by atoms with E-state index in [1.54, 1.807) is 11.5 Å². The third-order valence-electron chi connectivity index (χ3n) is 2.95. The third-order valence-corrected chi connectivity index (χ3v) is 2.95. The molecule has 2 aromatic rings. The minimum absolute atomic E-state index is 0.115. The van der Waals surface area contributed by atoms with Gasteiger partial charge in [-0.2, -0.15) is 0 Å². The first kappa shape index (κ1) is 13.1. The number of ether oxygens (including phenoxy) is 1. The zero-order valence-electron chi connectivity index (χ0n) is 10.9. The van der Waals surface area contributed by atoms with E-state index in [4.69, 9.17) is 4.74 Å². The Labute approximate surface area is 111 Å². The molecule has 0 saturated heterocycles. The summed E-state index contributed by atoms with van der Waals surface area (Å²) in [5.74, 6) is -0.486. The molecule has 0 N–H and O–H groups in total. The van der Waals surface area contributed by atoms with Crippen LogP contribution < -0.4 is 4.73 Å². The highest BCUT2D eigenvalue weighted by Gasteiger charge is 2.25. The van der Waals surface area contributed by atoms with E-state index in [1.165, 1.54) is 12.5 Å². The highest BCUT2D eigenvalue weighted by atomic mass is 16.5. The van der Waals surface area contributed by atoms with Crippen molar-refractivity contribution in [3.8, 4) is 0 Å². The van der Waals surface area contributed by atoms with Crippen LogP contribution in [0.25, 0.3) is 0 Å². The number of hydrogen-bond acceptors (Lipinski definition) is 3. The van der Waals surface area contributed by atoms with Crippen LogP contribution in [0.3, 0.4) is 0 Å². The topological polar surface area (TPSA) is 58.2 Å². The number of esters is 1. The first-order valence-corrected chi connectivity index (χ1v) is 6.16. The van der Waals surface area contributed by atoms with Gasteiger partial charge in [-0.1, -0.05) is 30.3 Å². The molecule has 2 rings (SSSR count). The Morgan fingerprint density at radius 1 is 1.42 bits per heavy atom. The summed E-state index contributed by atoms with van der Waals surface area (Å²) in [6, 6.07) is 9.56. The Bertz CT molecular complexity index is 563. The highest BCUT2D eigenvalue weighted by molar-refractivity contribution is 5.87. The van der Waals surface area contributed by atoms with E-state index in [0.717, 1.165) is 5.56 Å². The molecular formula is C14H16N2O3. The minimum atomic E-state index is -0.486. The van der Waals surface area contributed by atoms with Crippen LogP contribution in [0.2, 0.25) is 0 Å². The van der Waals surface area contributed by atoms with Gasteiger partial charge in [-0.05, 0) is 19.4 Å². The molecule has 1 heterocycles. The summed E-state index contributed by atoms with van der Waals surface area (Å²) in [6.45, 7) is 3.94. The van der Waals surface area contributed by atoms with Crippen LogP contribution in [-0.4, -0.2) is 17.1 Å². The summed E-state index contributed by atoms with van der Waals surface area (Å²) in [7, 11) is 0. The molecule has 5 nitrogen and oxygen atoms in total. The van der Waals surface area contributed by atoms with Gasteiger partial charge in [0, 0.05) is 0 Å². The van der Waals surface area contributed by atoms with Gasteiger partial charge in [0.2, 0.25) is 6.33 Å². The van der Waals surface area contributed by atoms with Gasteiger partial charge in [-0.15, -0.1) is 0 Å². The fourth-order valence-corrected chi connectivity index (χ4v) is 1.97. The largest absolute Gasteiger partial charge is 0.711 e. The Hall–Kier alpha value is -2.30. The van der Waals surface area contributed by atoms with Crippen LogP contribution in [0.15, 0.2) is 42.9 Å². The summed E-state index contributed by atoms with van der Waals surface area (Å²) in [6.07, 6.45) is 2.58. The number of aromatic nitrogens is 2. The quantitative estimate of drug-likeness (QED) is 0.479. The Morgan fingerprint density at radius 2 is 2.11 bits per heavy atom. The minimum Gasteiger partial charge on any atom is -0.711 e. The predicted octanol–water partition coefficient (Wildman–Crippen LogP) is 1.91. The van der Waals surface area contributed by atoms with Gasteiger partial charge in [0.25, 0.3) is 5.69 Å². The van der Waals surface area contributed by atoms with Gasteiger partial charge in [-0.3, -0.25) is 0 Å². The number of imidazole rings is 1. The van der Waals surface area contributed by atoms with Gasteiger partial charge in [0.05, 0.1) is 6.61 Å². The molecule has 1 aromatic carbocycles. The molecule has 0 bridgehead atoms. The highest BCUT2D eigenvalue weighted by Crippen LogP contribution is 2.19. The lowest BCUT2D eigenvalue weighted by Gasteiger charge is -2.10. The van der Waals surface area contributed by atoms with Crippen molar-refractivity contribution < 1.29 is 14.3 Å². The van der Waals surface area contributed by atoms with Crippen LogP contribution in [0.5, 0.6) is 0 Å². The van der Waals surface area contributed by atoms with Crippen molar-refractivity contribution in [2.45, 2.75) is 19.9 Å². The average molecular weight is 260 g/mol.